The van der Waals surface area contributed by atoms with Crippen LogP contribution in [-0.2, 0) is 0 Å². The van der Waals surface area contributed by atoms with Crippen LogP contribution in [0, 0.1) is 10.5 Å². The number of halogens is 1. The van der Waals surface area contributed by atoms with E-state index in [1.807, 2.05) is 31.2 Å². The van der Waals surface area contributed by atoms with Crippen LogP contribution in [0.4, 0.5) is 0 Å². The molecule has 0 unspecified atom stereocenters. The fraction of sp³-hybridized carbons (Fsp3) is 0.294. The lowest BCUT2D eigenvalue weighted by atomic mass is 10.1. The predicted molar refractivity (Wildman–Crippen MR) is 95.3 cm³/mol. The van der Waals surface area contributed by atoms with Gasteiger partial charge in [-0.15, -0.1) is 0 Å². The molecule has 1 aromatic carbocycles. The van der Waals surface area contributed by atoms with Crippen LogP contribution in [0.1, 0.15) is 31.1 Å². The molecule has 3 aromatic rings. The van der Waals surface area contributed by atoms with Crippen LogP contribution >= 0.6 is 22.6 Å². The van der Waals surface area contributed by atoms with Crippen LogP contribution in [0.2, 0.25) is 0 Å². The molecule has 0 aliphatic carbocycles. The number of nitrogens with zero attached hydrogens (tertiary/aromatic N) is 2. The van der Waals surface area contributed by atoms with E-state index in [9.17, 15) is 0 Å². The van der Waals surface area contributed by atoms with Crippen molar-refractivity contribution in [2.24, 2.45) is 0 Å². The number of ether oxygens (including phenoxy) is 1. The van der Waals surface area contributed by atoms with Gasteiger partial charge in [-0.25, -0.2) is 4.98 Å². The maximum Gasteiger partial charge on any atom is 0.139 e. The summed E-state index contributed by atoms with van der Waals surface area (Å²) in [4.78, 5) is 4.78. The molecule has 0 spiro atoms. The zero-order chi connectivity index (χ0) is 15.9. The van der Waals surface area contributed by atoms with Crippen LogP contribution < -0.4 is 4.74 Å². The molecule has 114 valence electrons. The SMILES string of the molecule is COc1ccc2c(I)cc(-c3cc(C(C)C)on3)nc2c1C. The van der Waals surface area contributed by atoms with Gasteiger partial charge in [0.2, 0.25) is 0 Å². The Morgan fingerprint density at radius 3 is 2.59 bits per heavy atom. The van der Waals surface area contributed by atoms with Gasteiger partial charge in [-0.05, 0) is 47.7 Å². The minimum absolute atomic E-state index is 0.308. The monoisotopic (exact) mass is 408 g/mol. The average molecular weight is 408 g/mol. The number of methoxy groups -OCH3 is 1. The molecular formula is C17H17IN2O2. The first-order chi connectivity index (χ1) is 10.5. The molecule has 0 N–H and O–H groups in total. The fourth-order valence-electron chi connectivity index (χ4n) is 2.40. The highest BCUT2D eigenvalue weighted by Crippen LogP contribution is 2.32. The van der Waals surface area contributed by atoms with E-state index in [-0.39, 0.29) is 0 Å². The van der Waals surface area contributed by atoms with E-state index in [1.54, 1.807) is 7.11 Å². The van der Waals surface area contributed by atoms with Gasteiger partial charge in [-0.2, -0.15) is 0 Å². The van der Waals surface area contributed by atoms with Crippen molar-refractivity contribution in [1.29, 1.82) is 0 Å². The van der Waals surface area contributed by atoms with Gasteiger partial charge < -0.3 is 9.26 Å². The van der Waals surface area contributed by atoms with E-state index in [0.717, 1.165) is 42.9 Å². The van der Waals surface area contributed by atoms with Crippen molar-refractivity contribution in [3.8, 4) is 17.1 Å². The minimum atomic E-state index is 0.308. The van der Waals surface area contributed by atoms with Crippen molar-refractivity contribution in [1.82, 2.24) is 10.1 Å². The Morgan fingerprint density at radius 2 is 1.95 bits per heavy atom. The average Bonchev–Trinajstić information content (AvgIpc) is 2.98. The van der Waals surface area contributed by atoms with Gasteiger partial charge in [0.25, 0.3) is 0 Å². The lowest BCUT2D eigenvalue weighted by Gasteiger charge is -2.10. The van der Waals surface area contributed by atoms with Crippen LogP contribution in [0.15, 0.2) is 28.8 Å². The highest BCUT2D eigenvalue weighted by molar-refractivity contribution is 14.1. The molecule has 3 rings (SSSR count). The molecule has 4 nitrogen and oxygen atoms in total. The molecule has 0 saturated carbocycles. The number of benzene rings is 1. The molecule has 0 amide bonds. The Hall–Kier alpha value is -1.63. The quantitative estimate of drug-likeness (QED) is 0.577. The van der Waals surface area contributed by atoms with Gasteiger partial charge in [0.05, 0.1) is 18.3 Å². The maximum atomic E-state index is 5.40. The molecule has 22 heavy (non-hydrogen) atoms. The molecule has 0 radical (unpaired) electrons. The number of aromatic nitrogens is 2. The summed E-state index contributed by atoms with van der Waals surface area (Å²) < 4.78 is 11.9. The lowest BCUT2D eigenvalue weighted by Crippen LogP contribution is -1.94. The van der Waals surface area contributed by atoms with Gasteiger partial charge in [0.1, 0.15) is 17.2 Å². The molecular weight excluding hydrogens is 391 g/mol. The van der Waals surface area contributed by atoms with Crippen molar-refractivity contribution in [3.63, 3.8) is 0 Å². The van der Waals surface area contributed by atoms with Crippen LogP contribution in [-0.4, -0.2) is 17.3 Å². The highest BCUT2D eigenvalue weighted by atomic mass is 127. The topological polar surface area (TPSA) is 48.2 Å². The van der Waals surface area contributed by atoms with E-state index in [1.165, 1.54) is 0 Å². The lowest BCUT2D eigenvalue weighted by molar-refractivity contribution is 0.373. The summed E-state index contributed by atoms with van der Waals surface area (Å²) in [5.41, 5.74) is 3.57. The fourth-order valence-corrected chi connectivity index (χ4v) is 3.13. The Bertz CT molecular complexity index is 840. The predicted octanol–water partition coefficient (Wildman–Crippen LogP) is 4.93. The molecule has 0 saturated heterocycles. The van der Waals surface area contributed by atoms with E-state index < -0.39 is 0 Å². The zero-order valence-electron chi connectivity index (χ0n) is 13.0. The van der Waals surface area contributed by atoms with Crippen molar-refractivity contribution < 1.29 is 9.26 Å². The van der Waals surface area contributed by atoms with E-state index in [2.05, 4.69) is 41.6 Å². The summed E-state index contributed by atoms with van der Waals surface area (Å²) in [7, 11) is 1.68. The molecule has 0 fully saturated rings. The van der Waals surface area contributed by atoms with Crippen molar-refractivity contribution >= 4 is 33.5 Å². The number of hydrogen-bond donors (Lipinski definition) is 0. The molecule has 0 atom stereocenters. The smallest absolute Gasteiger partial charge is 0.139 e. The molecule has 5 heteroatoms. The molecule has 2 heterocycles. The third-order valence-electron chi connectivity index (χ3n) is 3.71. The summed E-state index contributed by atoms with van der Waals surface area (Å²) >= 11 is 2.33. The largest absolute Gasteiger partial charge is 0.496 e. The number of hydrogen-bond acceptors (Lipinski definition) is 4. The Kier molecular flexibility index (Phi) is 4.08. The number of pyridine rings is 1. The van der Waals surface area contributed by atoms with Gasteiger partial charge in [0, 0.05) is 26.5 Å². The first kappa shape index (κ1) is 15.3. The van der Waals surface area contributed by atoms with E-state index in [4.69, 9.17) is 14.2 Å². The van der Waals surface area contributed by atoms with Crippen LogP contribution in [0.3, 0.4) is 0 Å². The van der Waals surface area contributed by atoms with E-state index in [0.29, 0.717) is 5.92 Å². The standard InChI is InChI=1S/C17H17IN2O2/c1-9(2)16-8-14(20-22-16)13-7-12(18)11-5-6-15(21-4)10(3)17(11)19-13/h5-9H,1-4H3. The normalized spacial score (nSPS) is 11.4. The molecule has 2 aromatic heterocycles. The second-order valence-corrected chi connectivity index (χ2v) is 6.71. The number of rotatable bonds is 3. The van der Waals surface area contributed by atoms with Gasteiger partial charge in [-0.3, -0.25) is 0 Å². The molecule has 0 aliphatic rings. The summed E-state index contributed by atoms with van der Waals surface area (Å²) in [6, 6.07) is 8.03. The van der Waals surface area contributed by atoms with Crippen molar-refractivity contribution in [2.45, 2.75) is 26.7 Å². The van der Waals surface area contributed by atoms with Crippen molar-refractivity contribution in [3.05, 3.63) is 39.2 Å². The zero-order valence-corrected chi connectivity index (χ0v) is 15.1. The Morgan fingerprint density at radius 1 is 1.18 bits per heavy atom. The molecule has 0 aliphatic heterocycles. The third kappa shape index (κ3) is 2.58. The summed E-state index contributed by atoms with van der Waals surface area (Å²) in [5, 5.41) is 5.28. The Labute approximate surface area is 143 Å². The summed E-state index contributed by atoms with van der Waals surface area (Å²) in [6.07, 6.45) is 0. The first-order valence-electron chi connectivity index (χ1n) is 7.12. The summed E-state index contributed by atoms with van der Waals surface area (Å²) in [5.74, 6) is 2.02. The van der Waals surface area contributed by atoms with Gasteiger partial charge in [0.15, 0.2) is 0 Å². The minimum Gasteiger partial charge on any atom is -0.496 e. The number of fused-ring (bicyclic) bond motifs is 1. The first-order valence-corrected chi connectivity index (χ1v) is 8.20. The van der Waals surface area contributed by atoms with Gasteiger partial charge in [-0.1, -0.05) is 19.0 Å². The van der Waals surface area contributed by atoms with E-state index >= 15 is 0 Å². The van der Waals surface area contributed by atoms with Crippen LogP contribution in [0.5, 0.6) is 5.75 Å². The third-order valence-corrected chi connectivity index (χ3v) is 4.61. The Balaban J connectivity index is 2.20. The number of aryl methyl sites for hydroxylation is 1. The summed E-state index contributed by atoms with van der Waals surface area (Å²) in [6.45, 7) is 6.18. The van der Waals surface area contributed by atoms with Crippen LogP contribution in [0.25, 0.3) is 22.3 Å². The highest BCUT2D eigenvalue weighted by Gasteiger charge is 2.14. The second kappa shape index (κ2) is 5.87. The van der Waals surface area contributed by atoms with Gasteiger partial charge >= 0.3 is 0 Å². The second-order valence-electron chi connectivity index (χ2n) is 5.55. The maximum absolute atomic E-state index is 5.40. The van der Waals surface area contributed by atoms with Crippen molar-refractivity contribution in [2.75, 3.05) is 7.11 Å². The molecule has 0 bridgehead atoms.